The first kappa shape index (κ1) is 19.4. The molecule has 6 heteroatoms. The summed E-state index contributed by atoms with van der Waals surface area (Å²) in [5.74, 6) is -0.0239. The van der Waals surface area contributed by atoms with Gasteiger partial charge in [0, 0.05) is 26.2 Å². The molecule has 2 rings (SSSR count). The van der Waals surface area contributed by atoms with E-state index in [1.54, 1.807) is 17.0 Å². The van der Waals surface area contributed by atoms with Crippen molar-refractivity contribution in [3.63, 3.8) is 0 Å². The number of hydrogen-bond donors (Lipinski definition) is 0. The Balaban J connectivity index is 1.88. The largest absolute Gasteiger partial charge is 0.376 e. The van der Waals surface area contributed by atoms with Crippen molar-refractivity contribution >= 4 is 5.91 Å². The lowest BCUT2D eigenvalue weighted by Crippen LogP contribution is -2.38. The van der Waals surface area contributed by atoms with Crippen LogP contribution in [-0.2, 0) is 20.8 Å². The molecule has 1 atom stereocenters. The number of likely N-dealkylation sites (N-methyl/N-ethyl adjacent to an activating group) is 1. The predicted molar refractivity (Wildman–Crippen MR) is 94.9 cm³/mol. The van der Waals surface area contributed by atoms with E-state index in [0.29, 0.717) is 25.3 Å². The number of amides is 1. The fraction of sp³-hybridized carbons (Fsp3) is 0.579. The van der Waals surface area contributed by atoms with Crippen LogP contribution in [0.1, 0.15) is 24.0 Å². The summed E-state index contributed by atoms with van der Waals surface area (Å²) in [6.45, 7) is 3.27. The van der Waals surface area contributed by atoms with Crippen molar-refractivity contribution in [3.8, 4) is 6.07 Å². The van der Waals surface area contributed by atoms with Crippen LogP contribution in [0.5, 0.6) is 0 Å². The minimum absolute atomic E-state index is 0.0239. The first-order valence-corrected chi connectivity index (χ1v) is 8.69. The Morgan fingerprint density at radius 3 is 2.68 bits per heavy atom. The minimum Gasteiger partial charge on any atom is -0.376 e. The van der Waals surface area contributed by atoms with Gasteiger partial charge < -0.3 is 19.3 Å². The molecule has 0 N–H and O–H groups in total. The highest BCUT2D eigenvalue weighted by Crippen LogP contribution is 2.12. The van der Waals surface area contributed by atoms with Gasteiger partial charge in [0.2, 0.25) is 5.91 Å². The van der Waals surface area contributed by atoms with Gasteiger partial charge in [0.15, 0.2) is 0 Å². The third kappa shape index (κ3) is 6.83. The molecule has 0 aromatic heterocycles. The van der Waals surface area contributed by atoms with E-state index in [-0.39, 0.29) is 18.6 Å². The molecular formula is C19H27N3O3. The first-order valence-electron chi connectivity index (χ1n) is 8.69. The Hall–Kier alpha value is -1.94. The molecule has 1 aliphatic rings. The van der Waals surface area contributed by atoms with Gasteiger partial charge in [-0.05, 0) is 44.6 Å². The van der Waals surface area contributed by atoms with Gasteiger partial charge in [0.25, 0.3) is 0 Å². The molecule has 1 aromatic carbocycles. The summed E-state index contributed by atoms with van der Waals surface area (Å²) in [4.78, 5) is 16.4. The normalized spacial score (nSPS) is 16.8. The summed E-state index contributed by atoms with van der Waals surface area (Å²) in [7, 11) is 3.97. The fourth-order valence-corrected chi connectivity index (χ4v) is 2.66. The Morgan fingerprint density at radius 1 is 1.32 bits per heavy atom. The van der Waals surface area contributed by atoms with Crippen molar-refractivity contribution in [2.45, 2.75) is 25.5 Å². The van der Waals surface area contributed by atoms with Crippen LogP contribution in [0.15, 0.2) is 24.3 Å². The summed E-state index contributed by atoms with van der Waals surface area (Å²) < 4.78 is 11.1. The third-order valence-corrected chi connectivity index (χ3v) is 4.18. The molecule has 136 valence electrons. The molecule has 1 aliphatic heterocycles. The van der Waals surface area contributed by atoms with Crippen LogP contribution in [0, 0.1) is 11.3 Å². The number of ether oxygens (including phenoxy) is 2. The zero-order valence-electron chi connectivity index (χ0n) is 15.1. The summed E-state index contributed by atoms with van der Waals surface area (Å²) in [6, 6.07) is 9.44. The van der Waals surface area contributed by atoms with E-state index in [0.717, 1.165) is 31.6 Å². The van der Waals surface area contributed by atoms with Crippen LogP contribution in [0.3, 0.4) is 0 Å². The number of hydrogen-bond acceptors (Lipinski definition) is 5. The predicted octanol–water partition coefficient (Wildman–Crippen LogP) is 1.64. The van der Waals surface area contributed by atoms with Crippen LogP contribution in [0.4, 0.5) is 0 Å². The Labute approximate surface area is 149 Å². The molecule has 6 nitrogen and oxygen atoms in total. The highest BCUT2D eigenvalue weighted by molar-refractivity contribution is 5.77. The molecular weight excluding hydrogens is 318 g/mol. The van der Waals surface area contributed by atoms with Gasteiger partial charge in [0.1, 0.15) is 6.61 Å². The highest BCUT2D eigenvalue weighted by atomic mass is 16.5. The molecule has 0 bridgehead atoms. The minimum atomic E-state index is -0.0239. The van der Waals surface area contributed by atoms with E-state index < -0.39 is 0 Å². The fourth-order valence-electron chi connectivity index (χ4n) is 2.66. The van der Waals surface area contributed by atoms with E-state index >= 15 is 0 Å². The zero-order chi connectivity index (χ0) is 18.1. The third-order valence-electron chi connectivity index (χ3n) is 4.18. The van der Waals surface area contributed by atoms with Gasteiger partial charge >= 0.3 is 0 Å². The molecule has 0 radical (unpaired) electrons. The summed E-state index contributed by atoms with van der Waals surface area (Å²) >= 11 is 0. The number of rotatable bonds is 9. The molecule has 1 unspecified atom stereocenters. The first-order chi connectivity index (χ1) is 12.1. The van der Waals surface area contributed by atoms with Gasteiger partial charge in [-0.3, -0.25) is 4.79 Å². The van der Waals surface area contributed by atoms with Crippen molar-refractivity contribution in [2.75, 3.05) is 47.0 Å². The van der Waals surface area contributed by atoms with Crippen LogP contribution >= 0.6 is 0 Å². The maximum Gasteiger partial charge on any atom is 0.248 e. The van der Waals surface area contributed by atoms with E-state index in [4.69, 9.17) is 14.7 Å². The maximum atomic E-state index is 12.5. The lowest BCUT2D eigenvalue weighted by Gasteiger charge is -2.25. The average Bonchev–Trinajstić information content (AvgIpc) is 3.12. The van der Waals surface area contributed by atoms with Gasteiger partial charge in [-0.1, -0.05) is 12.1 Å². The van der Waals surface area contributed by atoms with Crippen molar-refractivity contribution in [1.29, 1.82) is 5.26 Å². The number of carbonyl (C=O) groups excluding carboxylic acids is 1. The van der Waals surface area contributed by atoms with Gasteiger partial charge in [-0.25, -0.2) is 0 Å². The van der Waals surface area contributed by atoms with Gasteiger partial charge in [0.05, 0.1) is 24.3 Å². The topological polar surface area (TPSA) is 65.8 Å². The summed E-state index contributed by atoms with van der Waals surface area (Å²) in [6.07, 6.45) is 2.20. The second kappa shape index (κ2) is 10.1. The molecule has 1 fully saturated rings. The number of nitrogens with zero attached hydrogens (tertiary/aromatic N) is 3. The number of benzene rings is 1. The number of nitriles is 1. The summed E-state index contributed by atoms with van der Waals surface area (Å²) in [5, 5.41) is 8.88. The quantitative estimate of drug-likeness (QED) is 0.681. The van der Waals surface area contributed by atoms with E-state index in [2.05, 4.69) is 6.07 Å². The van der Waals surface area contributed by atoms with Crippen molar-refractivity contribution in [2.24, 2.45) is 0 Å². The van der Waals surface area contributed by atoms with Gasteiger partial charge in [-0.2, -0.15) is 5.26 Å². The van der Waals surface area contributed by atoms with Gasteiger partial charge in [-0.15, -0.1) is 0 Å². The van der Waals surface area contributed by atoms with Crippen LogP contribution < -0.4 is 0 Å². The molecule has 1 amide bonds. The van der Waals surface area contributed by atoms with Crippen LogP contribution in [0.25, 0.3) is 0 Å². The van der Waals surface area contributed by atoms with Crippen LogP contribution in [0.2, 0.25) is 0 Å². The molecule has 0 aliphatic carbocycles. The second-order valence-corrected chi connectivity index (χ2v) is 6.58. The number of carbonyl (C=O) groups is 1. The van der Waals surface area contributed by atoms with E-state index in [1.807, 2.05) is 31.1 Å². The lowest BCUT2D eigenvalue weighted by molar-refractivity contribution is -0.138. The highest BCUT2D eigenvalue weighted by Gasteiger charge is 2.18. The van der Waals surface area contributed by atoms with Crippen molar-refractivity contribution in [3.05, 3.63) is 35.4 Å². The SMILES string of the molecule is CN(C)CCN(Cc1ccc(C#N)cc1)C(=O)COCC1CCCO1. The smallest absolute Gasteiger partial charge is 0.248 e. The Morgan fingerprint density at radius 2 is 2.08 bits per heavy atom. The molecule has 1 aromatic rings. The average molecular weight is 345 g/mol. The van der Waals surface area contributed by atoms with Crippen LogP contribution in [-0.4, -0.2) is 68.8 Å². The molecule has 0 saturated carbocycles. The van der Waals surface area contributed by atoms with E-state index in [1.165, 1.54) is 0 Å². The summed E-state index contributed by atoms with van der Waals surface area (Å²) in [5.41, 5.74) is 1.63. The molecule has 1 saturated heterocycles. The second-order valence-electron chi connectivity index (χ2n) is 6.58. The Bertz CT molecular complexity index is 575. The Kier molecular flexibility index (Phi) is 7.86. The molecule has 0 spiro atoms. The van der Waals surface area contributed by atoms with Crippen molar-refractivity contribution < 1.29 is 14.3 Å². The lowest BCUT2D eigenvalue weighted by atomic mass is 10.1. The molecule has 25 heavy (non-hydrogen) atoms. The zero-order valence-corrected chi connectivity index (χ0v) is 15.1. The van der Waals surface area contributed by atoms with E-state index in [9.17, 15) is 4.79 Å². The van der Waals surface area contributed by atoms with Crippen molar-refractivity contribution in [1.82, 2.24) is 9.80 Å². The standard InChI is InChI=1S/C19H27N3O3/c1-21(2)9-10-22(13-17-7-5-16(12-20)6-8-17)19(23)15-24-14-18-4-3-11-25-18/h5-8,18H,3-4,9-11,13-15H2,1-2H3. The maximum absolute atomic E-state index is 12.5. The molecule has 1 heterocycles. The monoisotopic (exact) mass is 345 g/mol.